The maximum atomic E-state index is 13.0. The van der Waals surface area contributed by atoms with Gasteiger partial charge >= 0.3 is 12.1 Å². The van der Waals surface area contributed by atoms with Gasteiger partial charge in [-0.15, -0.1) is 0 Å². The number of nitrogens with zero attached hydrogens (tertiary/aromatic N) is 1. The summed E-state index contributed by atoms with van der Waals surface area (Å²) in [5, 5.41) is 4.55. The van der Waals surface area contributed by atoms with Crippen molar-refractivity contribution >= 4 is 29.1 Å². The molecule has 2 heterocycles. The van der Waals surface area contributed by atoms with Crippen molar-refractivity contribution in [2.75, 3.05) is 12.4 Å². The molecule has 0 radical (unpaired) electrons. The molecular formula is C24H25ClF3N3O3. The zero-order valence-electron chi connectivity index (χ0n) is 18.5. The highest BCUT2D eigenvalue weighted by molar-refractivity contribution is 6.34. The van der Waals surface area contributed by atoms with Crippen molar-refractivity contribution in [1.82, 2.24) is 10.2 Å². The molecule has 182 valence electrons. The number of hydrogen-bond acceptors (Lipinski definition) is 4. The molecule has 4 rings (SSSR count). The lowest BCUT2D eigenvalue weighted by Gasteiger charge is -2.39. The molecule has 34 heavy (non-hydrogen) atoms. The smallest absolute Gasteiger partial charge is 0.471 e. The van der Waals surface area contributed by atoms with E-state index in [1.165, 1.54) is 18.7 Å². The minimum absolute atomic E-state index is 0.0175. The summed E-state index contributed by atoms with van der Waals surface area (Å²) in [7, 11) is 1.29. The Hall–Kier alpha value is -2.78. The summed E-state index contributed by atoms with van der Waals surface area (Å²) in [5.74, 6) is -2.57. The molecule has 2 aliphatic heterocycles. The SMILES string of the molecule is COc1cc(NC(=O)C(F)(F)F)c(Cl)cc1C(=O)NC1CC2CCC(C1)N2Cc1ccccc1. The molecule has 2 fully saturated rings. The zero-order valence-corrected chi connectivity index (χ0v) is 19.2. The number of anilines is 1. The van der Waals surface area contributed by atoms with E-state index in [1.807, 2.05) is 18.2 Å². The number of methoxy groups -OCH3 is 1. The Morgan fingerprint density at radius 1 is 1.12 bits per heavy atom. The summed E-state index contributed by atoms with van der Waals surface area (Å²) in [6, 6.07) is 13.3. The second-order valence-corrected chi connectivity index (χ2v) is 9.08. The zero-order chi connectivity index (χ0) is 24.5. The predicted molar refractivity (Wildman–Crippen MR) is 122 cm³/mol. The van der Waals surface area contributed by atoms with Crippen LogP contribution in [0.1, 0.15) is 41.6 Å². The number of benzene rings is 2. The van der Waals surface area contributed by atoms with Crippen molar-refractivity contribution in [2.45, 2.75) is 56.5 Å². The molecule has 0 saturated carbocycles. The molecule has 0 aliphatic carbocycles. The molecule has 2 bridgehead atoms. The fraction of sp³-hybridized carbons (Fsp3) is 0.417. The van der Waals surface area contributed by atoms with Crippen LogP contribution in [0.4, 0.5) is 18.9 Å². The molecule has 2 unspecified atom stereocenters. The van der Waals surface area contributed by atoms with E-state index in [0.29, 0.717) is 12.1 Å². The number of hydrogen-bond donors (Lipinski definition) is 2. The fourth-order valence-corrected chi connectivity index (χ4v) is 5.11. The minimum atomic E-state index is -5.07. The molecular weight excluding hydrogens is 471 g/mol. The first-order valence-electron chi connectivity index (χ1n) is 11.0. The highest BCUT2D eigenvalue weighted by Gasteiger charge is 2.41. The highest BCUT2D eigenvalue weighted by atomic mass is 35.5. The number of carbonyl (C=O) groups excluding carboxylic acids is 2. The van der Waals surface area contributed by atoms with Gasteiger partial charge in [0.25, 0.3) is 5.91 Å². The van der Waals surface area contributed by atoms with Gasteiger partial charge < -0.3 is 15.4 Å². The number of halogens is 4. The molecule has 0 aromatic heterocycles. The van der Waals surface area contributed by atoms with E-state index in [-0.39, 0.29) is 28.1 Å². The predicted octanol–water partition coefficient (Wildman–Crippen LogP) is 4.77. The number of ether oxygens (including phenoxy) is 1. The Kier molecular flexibility index (Phi) is 7.04. The Morgan fingerprint density at radius 2 is 1.76 bits per heavy atom. The Morgan fingerprint density at radius 3 is 2.35 bits per heavy atom. The van der Waals surface area contributed by atoms with Crippen molar-refractivity contribution in [1.29, 1.82) is 0 Å². The van der Waals surface area contributed by atoms with Gasteiger partial charge in [0.05, 0.1) is 23.4 Å². The quantitative estimate of drug-likeness (QED) is 0.605. The first-order chi connectivity index (χ1) is 16.2. The van der Waals surface area contributed by atoms with Gasteiger partial charge in [0.1, 0.15) is 5.75 Å². The Balaban J connectivity index is 1.43. The van der Waals surface area contributed by atoms with Crippen LogP contribution in [0.25, 0.3) is 0 Å². The maximum absolute atomic E-state index is 13.0. The Bertz CT molecular complexity index is 1050. The maximum Gasteiger partial charge on any atom is 0.471 e. The van der Waals surface area contributed by atoms with E-state index in [1.54, 1.807) is 5.32 Å². The van der Waals surface area contributed by atoms with Gasteiger partial charge in [0.2, 0.25) is 0 Å². The van der Waals surface area contributed by atoms with Crippen molar-refractivity contribution in [3.8, 4) is 5.75 Å². The van der Waals surface area contributed by atoms with Gasteiger partial charge in [-0.3, -0.25) is 14.5 Å². The molecule has 2 aromatic rings. The Labute approximate surface area is 200 Å². The number of fused-ring (bicyclic) bond motifs is 2. The van der Waals surface area contributed by atoms with Crippen LogP contribution in [0.15, 0.2) is 42.5 Å². The molecule has 2 aromatic carbocycles. The van der Waals surface area contributed by atoms with Crippen LogP contribution >= 0.6 is 11.6 Å². The third kappa shape index (κ3) is 5.31. The van der Waals surface area contributed by atoms with Crippen LogP contribution in [-0.2, 0) is 11.3 Å². The molecule has 2 amide bonds. The summed E-state index contributed by atoms with van der Waals surface area (Å²) in [5.41, 5.74) is 1.07. The lowest BCUT2D eigenvalue weighted by molar-refractivity contribution is -0.167. The van der Waals surface area contributed by atoms with E-state index in [9.17, 15) is 22.8 Å². The topological polar surface area (TPSA) is 70.7 Å². The molecule has 2 saturated heterocycles. The monoisotopic (exact) mass is 495 g/mol. The second-order valence-electron chi connectivity index (χ2n) is 8.67. The lowest BCUT2D eigenvalue weighted by atomic mass is 9.96. The van der Waals surface area contributed by atoms with Crippen LogP contribution in [0.2, 0.25) is 5.02 Å². The summed E-state index contributed by atoms with van der Waals surface area (Å²) >= 11 is 6.07. The van der Waals surface area contributed by atoms with Crippen LogP contribution in [0, 0.1) is 0 Å². The fourth-order valence-electron chi connectivity index (χ4n) is 4.90. The van der Waals surface area contributed by atoms with Gasteiger partial charge in [0.15, 0.2) is 0 Å². The van der Waals surface area contributed by atoms with E-state index in [2.05, 4.69) is 22.3 Å². The molecule has 2 aliphatic rings. The first kappa shape index (κ1) is 24.3. The average Bonchev–Trinajstić information content (AvgIpc) is 3.02. The van der Waals surface area contributed by atoms with E-state index in [4.69, 9.17) is 16.3 Å². The summed E-state index contributed by atoms with van der Waals surface area (Å²) in [6.07, 6.45) is -1.30. The molecule has 6 nitrogen and oxygen atoms in total. The number of carbonyl (C=O) groups is 2. The number of rotatable bonds is 6. The molecule has 2 atom stereocenters. The molecule has 0 spiro atoms. The number of piperidine rings is 1. The summed E-state index contributed by atoms with van der Waals surface area (Å²) < 4.78 is 42.9. The average molecular weight is 496 g/mol. The standard InChI is InChI=1S/C24H25ClF3N3O3/c1-34-21-12-20(30-23(33)24(26,27)28)19(25)11-18(21)22(32)29-15-9-16-7-8-17(10-15)31(16)13-14-5-3-2-4-6-14/h2-6,11-12,15-17H,7-10,13H2,1H3,(H,29,32)(H,30,33). The molecule has 2 N–H and O–H groups in total. The van der Waals surface area contributed by atoms with Crippen LogP contribution < -0.4 is 15.4 Å². The highest BCUT2D eigenvalue weighted by Crippen LogP contribution is 2.37. The normalized spacial score (nSPS) is 22.3. The van der Waals surface area contributed by atoms with Crippen LogP contribution in [0.5, 0.6) is 5.75 Å². The van der Waals surface area contributed by atoms with E-state index >= 15 is 0 Å². The summed E-state index contributed by atoms with van der Waals surface area (Å²) in [6.45, 7) is 0.880. The van der Waals surface area contributed by atoms with Crippen molar-refractivity contribution < 1.29 is 27.5 Å². The lowest BCUT2D eigenvalue weighted by Crippen LogP contribution is -2.50. The second kappa shape index (κ2) is 9.84. The van der Waals surface area contributed by atoms with Gasteiger partial charge in [-0.05, 0) is 37.3 Å². The van der Waals surface area contributed by atoms with Gasteiger partial charge in [-0.2, -0.15) is 13.2 Å². The summed E-state index contributed by atoms with van der Waals surface area (Å²) in [4.78, 5) is 26.8. The van der Waals surface area contributed by atoms with Gasteiger partial charge in [0, 0.05) is 30.7 Å². The minimum Gasteiger partial charge on any atom is -0.496 e. The van der Waals surface area contributed by atoms with E-state index < -0.39 is 18.0 Å². The van der Waals surface area contributed by atoms with Crippen LogP contribution in [0.3, 0.4) is 0 Å². The number of nitrogens with one attached hydrogen (secondary N) is 2. The van der Waals surface area contributed by atoms with Crippen molar-refractivity contribution in [3.63, 3.8) is 0 Å². The number of amides is 2. The number of alkyl halides is 3. The largest absolute Gasteiger partial charge is 0.496 e. The molecule has 10 heteroatoms. The third-order valence-electron chi connectivity index (χ3n) is 6.47. The van der Waals surface area contributed by atoms with Gasteiger partial charge in [-0.1, -0.05) is 41.9 Å². The third-order valence-corrected chi connectivity index (χ3v) is 6.78. The van der Waals surface area contributed by atoms with Crippen molar-refractivity contribution in [2.24, 2.45) is 0 Å². The van der Waals surface area contributed by atoms with E-state index in [0.717, 1.165) is 38.3 Å². The first-order valence-corrected chi connectivity index (χ1v) is 11.4. The van der Waals surface area contributed by atoms with Crippen molar-refractivity contribution in [3.05, 3.63) is 58.6 Å². The van der Waals surface area contributed by atoms with Crippen LogP contribution in [-0.4, -0.2) is 48.1 Å². The van der Waals surface area contributed by atoms with Gasteiger partial charge in [-0.25, -0.2) is 0 Å².